The van der Waals surface area contributed by atoms with Crippen molar-refractivity contribution in [3.05, 3.63) is 28.8 Å². The minimum absolute atomic E-state index is 0.0717. The molecule has 0 bridgehead atoms. The number of carboxylic acid groups (broad SMARTS) is 1. The number of halogens is 1. The summed E-state index contributed by atoms with van der Waals surface area (Å²) in [6, 6.07) is 3.46. The molecule has 0 aliphatic rings. The van der Waals surface area contributed by atoms with Crippen molar-refractivity contribution >= 4 is 30.2 Å². The molecule has 20 heavy (non-hydrogen) atoms. The van der Waals surface area contributed by atoms with E-state index in [-0.39, 0.29) is 5.04 Å². The van der Waals surface area contributed by atoms with Gasteiger partial charge in [0.15, 0.2) is 0 Å². The first-order valence-corrected chi connectivity index (χ1v) is 10.6. The van der Waals surface area contributed by atoms with Crippen molar-refractivity contribution in [2.45, 2.75) is 51.2 Å². The van der Waals surface area contributed by atoms with E-state index in [9.17, 15) is 9.90 Å². The molecular weight excluding hydrogens is 336 g/mol. The van der Waals surface area contributed by atoms with Crippen molar-refractivity contribution in [3.63, 3.8) is 0 Å². The van der Waals surface area contributed by atoms with Crippen LogP contribution in [0.15, 0.2) is 12.1 Å². The van der Waals surface area contributed by atoms with Gasteiger partial charge in [-0.05, 0) is 36.7 Å². The number of carboxylic acids is 1. The van der Waals surface area contributed by atoms with Gasteiger partial charge in [-0.2, -0.15) is 0 Å². The summed E-state index contributed by atoms with van der Waals surface area (Å²) in [6.07, 6.45) is 0. The van der Waals surface area contributed by atoms with Crippen LogP contribution in [0.4, 0.5) is 0 Å². The Morgan fingerprint density at radius 2 is 1.90 bits per heavy atom. The number of alkyl halides is 1. The minimum atomic E-state index is -2.00. The second kappa shape index (κ2) is 5.90. The van der Waals surface area contributed by atoms with E-state index in [2.05, 4.69) is 49.8 Å². The van der Waals surface area contributed by atoms with Gasteiger partial charge in [0, 0.05) is 10.9 Å². The van der Waals surface area contributed by atoms with Crippen molar-refractivity contribution in [1.29, 1.82) is 0 Å². The highest BCUT2D eigenvalue weighted by Gasteiger charge is 2.39. The monoisotopic (exact) mass is 358 g/mol. The van der Waals surface area contributed by atoms with E-state index in [1.165, 1.54) is 0 Å². The highest BCUT2D eigenvalue weighted by atomic mass is 79.9. The SMILES string of the molecule is Cc1ccc(C(=O)O)c(CBr)c1O[Si](C)(C)C(C)(C)C. The van der Waals surface area contributed by atoms with Gasteiger partial charge in [0.25, 0.3) is 8.32 Å². The molecule has 0 heterocycles. The van der Waals surface area contributed by atoms with Crippen LogP contribution < -0.4 is 4.43 Å². The van der Waals surface area contributed by atoms with E-state index >= 15 is 0 Å². The van der Waals surface area contributed by atoms with Crippen LogP contribution in [0.3, 0.4) is 0 Å². The largest absolute Gasteiger partial charge is 0.543 e. The molecule has 1 aromatic carbocycles. The Morgan fingerprint density at radius 1 is 1.35 bits per heavy atom. The molecule has 0 aliphatic heterocycles. The fraction of sp³-hybridized carbons (Fsp3) is 0.533. The zero-order valence-electron chi connectivity index (χ0n) is 13.0. The van der Waals surface area contributed by atoms with E-state index in [1.807, 2.05) is 13.0 Å². The Balaban J connectivity index is 3.38. The number of benzene rings is 1. The molecule has 1 rings (SSSR count). The summed E-state index contributed by atoms with van der Waals surface area (Å²) in [4.78, 5) is 11.3. The van der Waals surface area contributed by atoms with Crippen LogP contribution in [0, 0.1) is 6.92 Å². The fourth-order valence-electron chi connectivity index (χ4n) is 1.63. The summed E-state index contributed by atoms with van der Waals surface area (Å²) in [5.41, 5.74) is 2.01. The Labute approximate surface area is 130 Å². The third-order valence-corrected chi connectivity index (χ3v) is 8.87. The van der Waals surface area contributed by atoms with Crippen LogP contribution in [0.2, 0.25) is 18.1 Å². The van der Waals surface area contributed by atoms with Crippen molar-refractivity contribution in [1.82, 2.24) is 0 Å². The van der Waals surface area contributed by atoms with Gasteiger partial charge in [-0.1, -0.05) is 42.8 Å². The summed E-state index contributed by atoms with van der Waals surface area (Å²) >= 11 is 3.39. The van der Waals surface area contributed by atoms with E-state index in [4.69, 9.17) is 4.43 Å². The van der Waals surface area contributed by atoms with E-state index in [1.54, 1.807) is 6.07 Å². The standard InChI is InChI=1S/C15H23BrO3Si/c1-10-7-8-11(14(17)18)12(9-16)13(10)19-20(5,6)15(2,3)4/h7-8H,9H2,1-6H3,(H,17,18). The molecule has 0 aliphatic carbocycles. The fourth-order valence-corrected chi connectivity index (χ4v) is 3.29. The maximum atomic E-state index is 11.3. The van der Waals surface area contributed by atoms with Crippen LogP contribution in [-0.2, 0) is 5.33 Å². The summed E-state index contributed by atoms with van der Waals surface area (Å²) < 4.78 is 6.36. The summed E-state index contributed by atoms with van der Waals surface area (Å²) in [6.45, 7) is 12.8. The second-order valence-corrected chi connectivity index (χ2v) is 11.8. The third-order valence-electron chi connectivity index (χ3n) is 3.98. The topological polar surface area (TPSA) is 46.5 Å². The molecule has 0 unspecified atom stereocenters. The second-order valence-electron chi connectivity index (χ2n) is 6.54. The van der Waals surface area contributed by atoms with E-state index in [0.717, 1.165) is 16.9 Å². The van der Waals surface area contributed by atoms with Gasteiger partial charge in [0.05, 0.1) is 5.56 Å². The van der Waals surface area contributed by atoms with E-state index in [0.29, 0.717) is 10.9 Å². The molecule has 0 aromatic heterocycles. The van der Waals surface area contributed by atoms with Gasteiger partial charge < -0.3 is 9.53 Å². The maximum Gasteiger partial charge on any atom is 0.336 e. The van der Waals surface area contributed by atoms with Crippen LogP contribution in [0.25, 0.3) is 0 Å². The predicted molar refractivity (Wildman–Crippen MR) is 88.6 cm³/mol. The van der Waals surface area contributed by atoms with Gasteiger partial charge in [-0.25, -0.2) is 4.79 Å². The Hall–Kier alpha value is -0.813. The molecule has 5 heteroatoms. The van der Waals surface area contributed by atoms with Crippen molar-refractivity contribution in [2.24, 2.45) is 0 Å². The first-order valence-electron chi connectivity index (χ1n) is 6.62. The first kappa shape index (κ1) is 17.2. The molecule has 1 aromatic rings. The highest BCUT2D eigenvalue weighted by molar-refractivity contribution is 9.08. The van der Waals surface area contributed by atoms with Gasteiger partial charge in [-0.15, -0.1) is 0 Å². The number of hydrogen-bond acceptors (Lipinski definition) is 2. The molecule has 0 atom stereocenters. The number of hydrogen-bond donors (Lipinski definition) is 1. The summed E-state index contributed by atoms with van der Waals surface area (Å²) in [5.74, 6) is -0.187. The van der Waals surface area contributed by atoms with Gasteiger partial charge in [0.2, 0.25) is 0 Å². The number of carbonyl (C=O) groups is 1. The van der Waals surface area contributed by atoms with Gasteiger partial charge in [-0.3, -0.25) is 0 Å². The molecule has 3 nitrogen and oxygen atoms in total. The predicted octanol–water partition coefficient (Wildman–Crippen LogP) is 4.97. The molecule has 0 radical (unpaired) electrons. The summed E-state index contributed by atoms with van der Waals surface area (Å²) in [7, 11) is -2.00. The van der Waals surface area contributed by atoms with Gasteiger partial charge in [0.1, 0.15) is 5.75 Å². The van der Waals surface area contributed by atoms with Crippen LogP contribution >= 0.6 is 15.9 Å². The number of aromatic carboxylic acids is 1. The average Bonchev–Trinajstić information content (AvgIpc) is 2.29. The lowest BCUT2D eigenvalue weighted by Gasteiger charge is -2.37. The number of rotatable bonds is 4. The lowest BCUT2D eigenvalue weighted by atomic mass is 10.0. The number of aryl methyl sites for hydroxylation is 1. The lowest BCUT2D eigenvalue weighted by molar-refractivity contribution is 0.0695. The Morgan fingerprint density at radius 3 is 2.30 bits per heavy atom. The molecule has 0 fully saturated rings. The zero-order chi connectivity index (χ0) is 15.7. The van der Waals surface area contributed by atoms with Crippen LogP contribution in [0.5, 0.6) is 5.75 Å². The Kier molecular flexibility index (Phi) is 5.08. The molecule has 0 saturated heterocycles. The van der Waals surface area contributed by atoms with Crippen molar-refractivity contribution in [3.8, 4) is 5.75 Å². The van der Waals surface area contributed by atoms with Crippen LogP contribution in [0.1, 0.15) is 42.3 Å². The summed E-state index contributed by atoms with van der Waals surface area (Å²) in [5, 5.41) is 9.85. The molecule has 0 spiro atoms. The average molecular weight is 359 g/mol. The molecule has 112 valence electrons. The first-order chi connectivity index (χ1) is 9.01. The molecule has 0 amide bonds. The van der Waals surface area contributed by atoms with Gasteiger partial charge >= 0.3 is 5.97 Å². The quantitative estimate of drug-likeness (QED) is 0.610. The smallest absolute Gasteiger partial charge is 0.336 e. The van der Waals surface area contributed by atoms with Crippen molar-refractivity contribution < 1.29 is 14.3 Å². The minimum Gasteiger partial charge on any atom is -0.543 e. The normalized spacial score (nSPS) is 12.3. The highest BCUT2D eigenvalue weighted by Crippen LogP contribution is 2.40. The lowest BCUT2D eigenvalue weighted by Crippen LogP contribution is -2.44. The van der Waals surface area contributed by atoms with E-state index < -0.39 is 14.3 Å². The maximum absolute atomic E-state index is 11.3. The van der Waals surface area contributed by atoms with Crippen LogP contribution in [-0.4, -0.2) is 19.4 Å². The Bertz CT molecular complexity index is 519. The molecular formula is C15H23BrO3Si. The third kappa shape index (κ3) is 3.44. The van der Waals surface area contributed by atoms with Crippen molar-refractivity contribution in [2.75, 3.05) is 0 Å². The molecule has 1 N–H and O–H groups in total. The molecule has 0 saturated carbocycles. The zero-order valence-corrected chi connectivity index (χ0v) is 15.6.